The van der Waals surface area contributed by atoms with Crippen LogP contribution in [0.25, 0.3) is 0 Å². The maximum Gasteiger partial charge on any atom is 0.223 e. The van der Waals surface area contributed by atoms with E-state index in [0.29, 0.717) is 0 Å². The first-order valence-electron chi connectivity index (χ1n) is 8.39. The molecule has 0 aromatic heterocycles. The SMILES string of the molecule is Cl.O=C(NC(CC1CCC1)c1ccccc1)C1CCNCC1. The number of hydrogen-bond acceptors (Lipinski definition) is 2. The van der Waals surface area contributed by atoms with Gasteiger partial charge in [0.25, 0.3) is 0 Å². The van der Waals surface area contributed by atoms with E-state index < -0.39 is 0 Å². The van der Waals surface area contributed by atoms with Crippen LogP contribution in [0.1, 0.15) is 50.1 Å². The lowest BCUT2D eigenvalue weighted by molar-refractivity contribution is -0.126. The van der Waals surface area contributed by atoms with E-state index in [-0.39, 0.29) is 30.3 Å². The molecule has 0 bridgehead atoms. The fourth-order valence-electron chi connectivity index (χ4n) is 3.40. The van der Waals surface area contributed by atoms with E-state index >= 15 is 0 Å². The Kier molecular flexibility index (Phi) is 6.71. The molecule has 1 saturated heterocycles. The molecule has 0 radical (unpaired) electrons. The molecule has 1 aromatic rings. The average molecular weight is 323 g/mol. The summed E-state index contributed by atoms with van der Waals surface area (Å²) in [6, 6.07) is 10.7. The summed E-state index contributed by atoms with van der Waals surface area (Å²) in [5.41, 5.74) is 1.26. The number of nitrogens with one attached hydrogen (secondary N) is 2. The summed E-state index contributed by atoms with van der Waals surface area (Å²) >= 11 is 0. The van der Waals surface area contributed by atoms with E-state index in [1.165, 1.54) is 24.8 Å². The Balaban J connectivity index is 0.00000176. The second-order valence-electron chi connectivity index (χ2n) is 6.53. The number of hydrogen-bond donors (Lipinski definition) is 2. The van der Waals surface area contributed by atoms with Gasteiger partial charge in [-0.1, -0.05) is 49.6 Å². The molecule has 1 atom stereocenters. The van der Waals surface area contributed by atoms with E-state index in [9.17, 15) is 4.79 Å². The van der Waals surface area contributed by atoms with Crippen molar-refractivity contribution in [2.24, 2.45) is 11.8 Å². The summed E-state index contributed by atoms with van der Waals surface area (Å²) in [4.78, 5) is 12.5. The van der Waals surface area contributed by atoms with Crippen molar-refractivity contribution in [1.82, 2.24) is 10.6 Å². The van der Waals surface area contributed by atoms with E-state index in [1.807, 2.05) is 6.07 Å². The molecule has 1 amide bonds. The summed E-state index contributed by atoms with van der Waals surface area (Å²) in [6.07, 6.45) is 7.04. The zero-order valence-corrected chi connectivity index (χ0v) is 13.9. The van der Waals surface area contributed by atoms with Crippen molar-refractivity contribution in [3.8, 4) is 0 Å². The molecule has 1 unspecified atom stereocenters. The highest BCUT2D eigenvalue weighted by atomic mass is 35.5. The van der Waals surface area contributed by atoms with Crippen LogP contribution in [-0.4, -0.2) is 19.0 Å². The van der Waals surface area contributed by atoms with Crippen molar-refractivity contribution in [2.45, 2.75) is 44.6 Å². The standard InChI is InChI=1S/C18H26N2O.ClH/c21-18(16-9-11-19-12-10-16)20-17(13-14-5-4-6-14)15-7-2-1-3-8-15;/h1-3,7-8,14,16-17,19H,4-6,9-13H2,(H,20,21);1H. The molecule has 4 heteroatoms. The molecule has 22 heavy (non-hydrogen) atoms. The van der Waals surface area contributed by atoms with Gasteiger partial charge in [-0.2, -0.15) is 0 Å². The number of amides is 1. The van der Waals surface area contributed by atoms with Gasteiger partial charge in [0.05, 0.1) is 6.04 Å². The minimum Gasteiger partial charge on any atom is -0.349 e. The van der Waals surface area contributed by atoms with Gasteiger partial charge in [0.1, 0.15) is 0 Å². The first-order chi connectivity index (χ1) is 10.3. The minimum absolute atomic E-state index is 0. The van der Waals surface area contributed by atoms with Crippen molar-refractivity contribution in [2.75, 3.05) is 13.1 Å². The molecule has 2 N–H and O–H groups in total. The molecule has 3 nitrogen and oxygen atoms in total. The van der Waals surface area contributed by atoms with Gasteiger partial charge in [-0.25, -0.2) is 0 Å². The summed E-state index contributed by atoms with van der Waals surface area (Å²) in [7, 11) is 0. The van der Waals surface area contributed by atoms with Gasteiger partial charge in [-0.05, 0) is 43.8 Å². The third-order valence-electron chi connectivity index (χ3n) is 5.02. The Morgan fingerprint density at radius 1 is 1.14 bits per heavy atom. The summed E-state index contributed by atoms with van der Waals surface area (Å²) < 4.78 is 0. The molecule has 2 aliphatic rings. The average Bonchev–Trinajstić information content (AvgIpc) is 2.51. The number of benzene rings is 1. The minimum atomic E-state index is 0. The Morgan fingerprint density at radius 2 is 1.82 bits per heavy atom. The summed E-state index contributed by atoms with van der Waals surface area (Å²) in [6.45, 7) is 1.94. The van der Waals surface area contributed by atoms with Crippen LogP contribution in [0.15, 0.2) is 30.3 Å². The van der Waals surface area contributed by atoms with Gasteiger partial charge in [0.15, 0.2) is 0 Å². The number of rotatable bonds is 5. The monoisotopic (exact) mass is 322 g/mol. The van der Waals surface area contributed by atoms with Crippen molar-refractivity contribution in [1.29, 1.82) is 0 Å². The molecule has 1 aliphatic carbocycles. The lowest BCUT2D eigenvalue weighted by Crippen LogP contribution is -2.40. The van der Waals surface area contributed by atoms with Gasteiger partial charge >= 0.3 is 0 Å². The number of carbonyl (C=O) groups excluding carboxylic acids is 1. The van der Waals surface area contributed by atoms with Crippen LogP contribution < -0.4 is 10.6 Å². The topological polar surface area (TPSA) is 41.1 Å². The molecule has 2 fully saturated rings. The Morgan fingerprint density at radius 3 is 2.41 bits per heavy atom. The van der Waals surface area contributed by atoms with Gasteiger partial charge in [0.2, 0.25) is 5.91 Å². The number of halogens is 1. The van der Waals surface area contributed by atoms with Gasteiger partial charge in [0, 0.05) is 5.92 Å². The van der Waals surface area contributed by atoms with Gasteiger partial charge in [-0.3, -0.25) is 4.79 Å². The Labute approximate surface area is 139 Å². The normalized spacial score (nSPS) is 20.5. The highest BCUT2D eigenvalue weighted by molar-refractivity contribution is 5.85. The predicted molar refractivity (Wildman–Crippen MR) is 92.1 cm³/mol. The van der Waals surface area contributed by atoms with E-state index in [4.69, 9.17) is 0 Å². The van der Waals surface area contributed by atoms with Crippen molar-refractivity contribution in [3.05, 3.63) is 35.9 Å². The number of piperidine rings is 1. The molecule has 3 rings (SSSR count). The van der Waals surface area contributed by atoms with E-state index in [2.05, 4.69) is 34.9 Å². The second-order valence-corrected chi connectivity index (χ2v) is 6.53. The smallest absolute Gasteiger partial charge is 0.223 e. The molecule has 1 heterocycles. The van der Waals surface area contributed by atoms with Crippen molar-refractivity contribution >= 4 is 18.3 Å². The largest absolute Gasteiger partial charge is 0.349 e. The fraction of sp³-hybridized carbons (Fsp3) is 0.611. The van der Waals surface area contributed by atoms with E-state index in [1.54, 1.807) is 0 Å². The van der Waals surface area contributed by atoms with Crippen LogP contribution in [-0.2, 0) is 4.79 Å². The van der Waals surface area contributed by atoms with Crippen LogP contribution in [0.5, 0.6) is 0 Å². The maximum atomic E-state index is 12.5. The Hall–Kier alpha value is -1.06. The predicted octanol–water partition coefficient (Wildman–Crippen LogP) is 3.46. The molecule has 122 valence electrons. The molecule has 1 aromatic carbocycles. The van der Waals surface area contributed by atoms with Crippen LogP contribution in [0.4, 0.5) is 0 Å². The second kappa shape index (κ2) is 8.54. The third-order valence-corrected chi connectivity index (χ3v) is 5.02. The molecule has 1 saturated carbocycles. The summed E-state index contributed by atoms with van der Waals surface area (Å²) in [5.74, 6) is 1.24. The number of carbonyl (C=O) groups is 1. The fourth-order valence-corrected chi connectivity index (χ4v) is 3.40. The van der Waals surface area contributed by atoms with Crippen LogP contribution in [0.2, 0.25) is 0 Å². The van der Waals surface area contributed by atoms with Crippen molar-refractivity contribution < 1.29 is 4.79 Å². The maximum absolute atomic E-state index is 12.5. The Bertz CT molecular complexity index is 455. The molecular weight excluding hydrogens is 296 g/mol. The van der Waals surface area contributed by atoms with E-state index in [0.717, 1.165) is 38.3 Å². The zero-order valence-electron chi connectivity index (χ0n) is 13.1. The third kappa shape index (κ3) is 4.47. The molecular formula is C18H27ClN2O. The first kappa shape index (κ1) is 17.3. The van der Waals surface area contributed by atoms with Crippen LogP contribution >= 0.6 is 12.4 Å². The molecule has 0 spiro atoms. The summed E-state index contributed by atoms with van der Waals surface area (Å²) in [5, 5.41) is 6.66. The quantitative estimate of drug-likeness (QED) is 0.871. The van der Waals surface area contributed by atoms with Crippen LogP contribution in [0.3, 0.4) is 0 Å². The van der Waals surface area contributed by atoms with Crippen LogP contribution in [0, 0.1) is 11.8 Å². The van der Waals surface area contributed by atoms with Gasteiger partial charge < -0.3 is 10.6 Å². The molecule has 1 aliphatic heterocycles. The lowest BCUT2D eigenvalue weighted by Gasteiger charge is -2.32. The highest BCUT2D eigenvalue weighted by Crippen LogP contribution is 2.35. The highest BCUT2D eigenvalue weighted by Gasteiger charge is 2.27. The van der Waals surface area contributed by atoms with Crippen molar-refractivity contribution in [3.63, 3.8) is 0 Å². The lowest BCUT2D eigenvalue weighted by atomic mass is 9.79. The first-order valence-corrected chi connectivity index (χ1v) is 8.39. The van der Waals surface area contributed by atoms with Gasteiger partial charge in [-0.15, -0.1) is 12.4 Å². The zero-order chi connectivity index (χ0) is 14.5.